The highest BCUT2D eigenvalue weighted by Crippen LogP contribution is 2.33. The first kappa shape index (κ1) is 17.2. The van der Waals surface area contributed by atoms with Gasteiger partial charge >= 0.3 is 0 Å². The summed E-state index contributed by atoms with van der Waals surface area (Å²) in [4.78, 5) is 20.2. The zero-order valence-corrected chi connectivity index (χ0v) is 14.3. The highest BCUT2D eigenvalue weighted by molar-refractivity contribution is 5.98. The van der Waals surface area contributed by atoms with Gasteiger partial charge in [0.1, 0.15) is 11.4 Å². The summed E-state index contributed by atoms with van der Waals surface area (Å²) in [7, 11) is 0. The van der Waals surface area contributed by atoms with Crippen molar-refractivity contribution in [3.05, 3.63) is 41.6 Å². The second-order valence-corrected chi connectivity index (χ2v) is 6.63. The maximum atomic E-state index is 11.6. The molecule has 0 bridgehead atoms. The van der Waals surface area contributed by atoms with Crippen molar-refractivity contribution in [1.82, 2.24) is 9.97 Å². The molecule has 1 aromatic heterocycles. The number of nitrogens with zero attached hydrogens (tertiary/aromatic N) is 2. The monoisotopic (exact) mass is 340 g/mol. The van der Waals surface area contributed by atoms with Crippen molar-refractivity contribution in [2.24, 2.45) is 17.4 Å². The lowest BCUT2D eigenvalue weighted by Gasteiger charge is -2.14. The number of anilines is 3. The predicted molar refractivity (Wildman–Crippen MR) is 98.8 cm³/mol. The number of nitrogens with one attached hydrogen (secondary N) is 2. The highest BCUT2D eigenvalue weighted by atomic mass is 16.1. The smallest absolute Gasteiger partial charge is 0.254 e. The number of aryl methyl sites for hydroxylation is 1. The summed E-state index contributed by atoms with van der Waals surface area (Å²) in [6, 6.07) is 7.86. The molecule has 0 unspecified atom stereocenters. The maximum absolute atomic E-state index is 11.6. The van der Waals surface area contributed by atoms with Gasteiger partial charge in [0.25, 0.3) is 5.91 Å². The van der Waals surface area contributed by atoms with Crippen LogP contribution in [0.1, 0.15) is 35.2 Å². The van der Waals surface area contributed by atoms with Crippen LogP contribution in [0.25, 0.3) is 0 Å². The summed E-state index contributed by atoms with van der Waals surface area (Å²) in [5.41, 5.74) is 13.7. The number of carbonyl (C=O) groups is 1. The number of amides is 1. The van der Waals surface area contributed by atoms with E-state index in [1.165, 1.54) is 19.0 Å². The molecule has 132 valence electrons. The Morgan fingerprint density at radius 1 is 1.40 bits per heavy atom. The fourth-order valence-corrected chi connectivity index (χ4v) is 2.69. The Kier molecular flexibility index (Phi) is 5.14. The third-order valence-electron chi connectivity index (χ3n) is 4.19. The molecular formula is C18H24N6O. The lowest BCUT2D eigenvalue weighted by Crippen LogP contribution is -2.30. The summed E-state index contributed by atoms with van der Waals surface area (Å²) in [6.45, 7) is 2.59. The van der Waals surface area contributed by atoms with E-state index in [9.17, 15) is 4.79 Å². The van der Waals surface area contributed by atoms with Crippen LogP contribution in [0.5, 0.6) is 0 Å². The number of hydrogen-bond donors (Lipinski definition) is 4. The summed E-state index contributed by atoms with van der Waals surface area (Å²) < 4.78 is 0. The molecule has 1 heterocycles. The summed E-state index contributed by atoms with van der Waals surface area (Å²) in [5, 5.41) is 6.28. The van der Waals surface area contributed by atoms with Gasteiger partial charge in [0.2, 0.25) is 5.95 Å². The summed E-state index contributed by atoms with van der Waals surface area (Å²) in [5.74, 6) is 0.999. The van der Waals surface area contributed by atoms with Gasteiger partial charge in [0, 0.05) is 24.5 Å². The van der Waals surface area contributed by atoms with E-state index in [0.29, 0.717) is 18.3 Å². The van der Waals surface area contributed by atoms with E-state index < -0.39 is 5.91 Å². The Balaban J connectivity index is 1.73. The molecule has 7 nitrogen and oxygen atoms in total. The van der Waals surface area contributed by atoms with E-state index in [4.69, 9.17) is 11.5 Å². The molecule has 1 fully saturated rings. The van der Waals surface area contributed by atoms with Crippen LogP contribution in [0.2, 0.25) is 0 Å². The Morgan fingerprint density at radius 2 is 2.20 bits per heavy atom. The van der Waals surface area contributed by atoms with Crippen LogP contribution in [-0.2, 0) is 0 Å². The van der Waals surface area contributed by atoms with Gasteiger partial charge in [-0.1, -0.05) is 25.0 Å². The number of nitrogens with two attached hydrogens (primary N) is 2. The molecular weight excluding hydrogens is 316 g/mol. The summed E-state index contributed by atoms with van der Waals surface area (Å²) >= 11 is 0. The Bertz CT molecular complexity index is 759. The third kappa shape index (κ3) is 4.90. The molecule has 0 saturated heterocycles. The highest BCUT2D eigenvalue weighted by Gasteiger charge is 2.23. The van der Waals surface area contributed by atoms with Crippen LogP contribution < -0.4 is 22.1 Å². The molecule has 7 heteroatoms. The predicted octanol–water partition coefficient (Wildman–Crippen LogP) is 2.17. The topological polar surface area (TPSA) is 119 Å². The molecule has 1 atom stereocenters. The molecule has 1 aromatic carbocycles. The van der Waals surface area contributed by atoms with Crippen molar-refractivity contribution < 1.29 is 4.79 Å². The van der Waals surface area contributed by atoms with Crippen molar-refractivity contribution in [2.75, 3.05) is 17.2 Å². The molecule has 25 heavy (non-hydrogen) atoms. The van der Waals surface area contributed by atoms with E-state index in [2.05, 4.69) is 20.6 Å². The zero-order chi connectivity index (χ0) is 17.8. The molecule has 3 rings (SSSR count). The van der Waals surface area contributed by atoms with E-state index in [1.807, 2.05) is 31.2 Å². The van der Waals surface area contributed by atoms with Crippen LogP contribution in [0.4, 0.5) is 17.5 Å². The molecule has 6 N–H and O–H groups in total. The Hall–Kier alpha value is -2.67. The Labute approximate surface area is 147 Å². The summed E-state index contributed by atoms with van der Waals surface area (Å²) in [6.07, 6.45) is 5.01. The van der Waals surface area contributed by atoms with Gasteiger partial charge in [-0.15, -0.1) is 0 Å². The molecule has 1 amide bonds. The molecule has 1 saturated carbocycles. The molecule has 1 aliphatic rings. The van der Waals surface area contributed by atoms with Crippen LogP contribution >= 0.6 is 0 Å². The van der Waals surface area contributed by atoms with Crippen LogP contribution in [0.15, 0.2) is 30.5 Å². The van der Waals surface area contributed by atoms with E-state index in [-0.39, 0.29) is 11.6 Å². The van der Waals surface area contributed by atoms with Gasteiger partial charge < -0.3 is 22.1 Å². The minimum Gasteiger partial charge on any atom is -0.365 e. The minimum atomic E-state index is -0.577. The van der Waals surface area contributed by atoms with Gasteiger partial charge in [-0.05, 0) is 37.0 Å². The number of benzene rings is 1. The SMILES string of the molecule is Cc1cccc(Nc2nc(NC[C@@H](N)CC3CC3)ncc2C(N)=O)c1. The maximum Gasteiger partial charge on any atom is 0.254 e. The quantitative estimate of drug-likeness (QED) is 0.585. The fraction of sp³-hybridized carbons (Fsp3) is 0.389. The first-order valence-corrected chi connectivity index (χ1v) is 8.51. The van der Waals surface area contributed by atoms with Crippen molar-refractivity contribution in [3.8, 4) is 0 Å². The first-order chi connectivity index (χ1) is 12.0. The number of aromatic nitrogens is 2. The second kappa shape index (κ2) is 7.48. The molecule has 2 aromatic rings. The van der Waals surface area contributed by atoms with Gasteiger partial charge in [0.15, 0.2) is 0 Å². The number of primary amides is 1. The standard InChI is InChI=1S/C18H24N6O/c1-11-3-2-4-14(7-11)23-17-15(16(20)25)10-22-18(24-17)21-9-13(19)8-12-5-6-12/h2-4,7,10,12-13H,5-6,8-9,19H2,1H3,(H2,20,25)(H2,21,22,23,24)/t13-/m0/s1. The van der Waals surface area contributed by atoms with Gasteiger partial charge in [0.05, 0.1) is 0 Å². The van der Waals surface area contributed by atoms with E-state index in [0.717, 1.165) is 23.6 Å². The van der Waals surface area contributed by atoms with Crippen LogP contribution in [0, 0.1) is 12.8 Å². The van der Waals surface area contributed by atoms with Crippen molar-refractivity contribution in [2.45, 2.75) is 32.2 Å². The molecule has 0 aliphatic heterocycles. The first-order valence-electron chi connectivity index (χ1n) is 8.51. The number of rotatable bonds is 8. The lowest BCUT2D eigenvalue weighted by atomic mass is 10.1. The Morgan fingerprint density at radius 3 is 2.88 bits per heavy atom. The van der Waals surface area contributed by atoms with Crippen LogP contribution in [0.3, 0.4) is 0 Å². The second-order valence-electron chi connectivity index (χ2n) is 6.63. The lowest BCUT2D eigenvalue weighted by molar-refractivity contribution is 0.100. The average Bonchev–Trinajstić information content (AvgIpc) is 3.37. The normalized spacial score (nSPS) is 14.8. The van der Waals surface area contributed by atoms with Gasteiger partial charge in [-0.2, -0.15) is 4.98 Å². The van der Waals surface area contributed by atoms with E-state index >= 15 is 0 Å². The van der Waals surface area contributed by atoms with Gasteiger partial charge in [-0.3, -0.25) is 4.79 Å². The fourth-order valence-electron chi connectivity index (χ4n) is 2.69. The number of carbonyl (C=O) groups excluding carboxylic acids is 1. The van der Waals surface area contributed by atoms with Crippen LogP contribution in [-0.4, -0.2) is 28.5 Å². The molecule has 1 aliphatic carbocycles. The van der Waals surface area contributed by atoms with Crippen molar-refractivity contribution in [3.63, 3.8) is 0 Å². The largest absolute Gasteiger partial charge is 0.365 e. The van der Waals surface area contributed by atoms with Crippen molar-refractivity contribution in [1.29, 1.82) is 0 Å². The molecule has 0 radical (unpaired) electrons. The number of hydrogen-bond acceptors (Lipinski definition) is 6. The zero-order valence-electron chi connectivity index (χ0n) is 14.3. The third-order valence-corrected chi connectivity index (χ3v) is 4.19. The molecule has 0 spiro atoms. The van der Waals surface area contributed by atoms with Crippen molar-refractivity contribution >= 4 is 23.4 Å². The van der Waals surface area contributed by atoms with Gasteiger partial charge in [-0.25, -0.2) is 4.98 Å². The average molecular weight is 340 g/mol. The van der Waals surface area contributed by atoms with E-state index in [1.54, 1.807) is 0 Å². The minimum absolute atomic E-state index is 0.0695.